The molecular weight excluding hydrogens is 272 g/mol. The Bertz CT molecular complexity index is 684. The Morgan fingerprint density at radius 2 is 2.20 bits per heavy atom. The van der Waals surface area contributed by atoms with Crippen molar-refractivity contribution in [1.82, 2.24) is 9.88 Å². The van der Waals surface area contributed by atoms with Gasteiger partial charge in [-0.2, -0.15) is 0 Å². The van der Waals surface area contributed by atoms with Crippen LogP contribution in [0.15, 0.2) is 47.6 Å². The van der Waals surface area contributed by atoms with Gasteiger partial charge in [-0.3, -0.25) is 9.98 Å². The van der Waals surface area contributed by atoms with Crippen molar-refractivity contribution >= 4 is 23.1 Å². The van der Waals surface area contributed by atoms with Crippen LogP contribution in [0.1, 0.15) is 17.4 Å². The maximum Gasteiger partial charge on any atom is 0.144 e. The van der Waals surface area contributed by atoms with E-state index in [1.165, 1.54) is 0 Å². The summed E-state index contributed by atoms with van der Waals surface area (Å²) in [5, 5.41) is 4.25. The van der Waals surface area contributed by atoms with Crippen LogP contribution >= 0.6 is 11.6 Å². The summed E-state index contributed by atoms with van der Waals surface area (Å²) in [5.74, 6) is 1.03. The second-order valence-corrected chi connectivity index (χ2v) is 5.33. The summed E-state index contributed by atoms with van der Waals surface area (Å²) in [6.45, 7) is 1.73. The molecule has 0 aliphatic carbocycles. The number of hydrogen-bond donors (Lipinski definition) is 1. The average molecular weight is 285 g/mol. The highest BCUT2D eigenvalue weighted by molar-refractivity contribution is 6.31. The van der Waals surface area contributed by atoms with Gasteiger partial charge >= 0.3 is 0 Å². The molecule has 0 saturated heterocycles. The lowest BCUT2D eigenvalue weighted by Gasteiger charge is -2.37. The second kappa shape index (κ2) is 4.49. The number of nitrogens with one attached hydrogen (secondary N) is 1. The van der Waals surface area contributed by atoms with Gasteiger partial charge in [-0.1, -0.05) is 17.7 Å². The van der Waals surface area contributed by atoms with Crippen molar-refractivity contribution in [3.8, 4) is 0 Å². The van der Waals surface area contributed by atoms with Crippen LogP contribution in [0.2, 0.25) is 5.02 Å². The van der Waals surface area contributed by atoms with Crippen LogP contribution in [0.5, 0.6) is 0 Å². The van der Waals surface area contributed by atoms with Gasteiger partial charge in [0.05, 0.1) is 12.2 Å². The third-order valence-electron chi connectivity index (χ3n) is 3.67. The van der Waals surface area contributed by atoms with Crippen molar-refractivity contribution in [1.29, 1.82) is 0 Å². The monoisotopic (exact) mass is 284 g/mol. The van der Waals surface area contributed by atoms with E-state index >= 15 is 0 Å². The van der Waals surface area contributed by atoms with Crippen LogP contribution in [-0.4, -0.2) is 28.8 Å². The number of pyridine rings is 1. The normalized spacial score (nSPS) is 19.9. The molecule has 0 saturated carbocycles. The van der Waals surface area contributed by atoms with E-state index in [0.717, 1.165) is 40.9 Å². The largest absolute Gasteiger partial charge is 0.360 e. The van der Waals surface area contributed by atoms with Crippen molar-refractivity contribution in [2.24, 2.45) is 4.99 Å². The lowest BCUT2D eigenvalue weighted by molar-refractivity contribution is 0.364. The third kappa shape index (κ3) is 1.76. The number of aromatic nitrogens is 1. The summed E-state index contributed by atoms with van der Waals surface area (Å²) in [5.41, 5.74) is 3.12. The van der Waals surface area contributed by atoms with E-state index in [0.29, 0.717) is 0 Å². The van der Waals surface area contributed by atoms with Crippen LogP contribution in [0.3, 0.4) is 0 Å². The number of fused-ring (bicyclic) bond motifs is 3. The zero-order valence-electron chi connectivity index (χ0n) is 10.8. The number of halogens is 1. The number of amidine groups is 1. The molecule has 1 atom stereocenters. The minimum Gasteiger partial charge on any atom is -0.360 e. The molecule has 1 N–H and O–H groups in total. The Kier molecular flexibility index (Phi) is 2.63. The van der Waals surface area contributed by atoms with Crippen LogP contribution < -0.4 is 5.32 Å². The van der Waals surface area contributed by atoms with Crippen LogP contribution in [0.25, 0.3) is 0 Å². The van der Waals surface area contributed by atoms with E-state index in [1.54, 1.807) is 0 Å². The average Bonchev–Trinajstić information content (AvgIpc) is 2.96. The molecule has 0 bridgehead atoms. The van der Waals surface area contributed by atoms with Gasteiger partial charge in [0.25, 0.3) is 0 Å². The summed E-state index contributed by atoms with van der Waals surface area (Å²) < 4.78 is 0. The predicted molar refractivity (Wildman–Crippen MR) is 80.2 cm³/mol. The van der Waals surface area contributed by atoms with Crippen molar-refractivity contribution in [3.05, 3.63) is 58.9 Å². The minimum absolute atomic E-state index is 0.0171. The minimum atomic E-state index is 0.0171. The van der Waals surface area contributed by atoms with Crippen LogP contribution in [0, 0.1) is 0 Å². The van der Waals surface area contributed by atoms with Gasteiger partial charge in [-0.05, 0) is 30.3 Å². The molecule has 4 nitrogen and oxygen atoms in total. The highest BCUT2D eigenvalue weighted by atomic mass is 35.5. The highest BCUT2D eigenvalue weighted by Crippen LogP contribution is 2.35. The molecule has 2 aliphatic rings. The first kappa shape index (κ1) is 11.7. The summed E-state index contributed by atoms with van der Waals surface area (Å²) in [6.07, 6.45) is 1.83. The summed E-state index contributed by atoms with van der Waals surface area (Å²) in [6, 6.07) is 11.8. The summed E-state index contributed by atoms with van der Waals surface area (Å²) in [7, 11) is 0. The predicted octanol–water partition coefficient (Wildman–Crippen LogP) is 2.92. The number of hydrogen-bond acceptors (Lipinski definition) is 4. The Balaban J connectivity index is 1.83. The van der Waals surface area contributed by atoms with Crippen molar-refractivity contribution in [3.63, 3.8) is 0 Å². The number of nitrogens with zero attached hydrogens (tertiary/aromatic N) is 3. The Hall–Kier alpha value is -2.07. The van der Waals surface area contributed by atoms with Crippen molar-refractivity contribution < 1.29 is 0 Å². The fourth-order valence-electron chi connectivity index (χ4n) is 2.78. The second-order valence-electron chi connectivity index (χ2n) is 4.89. The number of aliphatic imine (C=N–C) groups is 1. The van der Waals surface area contributed by atoms with E-state index in [-0.39, 0.29) is 6.17 Å². The Morgan fingerprint density at radius 1 is 1.25 bits per heavy atom. The Morgan fingerprint density at radius 3 is 3.05 bits per heavy atom. The van der Waals surface area contributed by atoms with Gasteiger partial charge in [-0.25, -0.2) is 0 Å². The molecular formula is C15H13ClN4. The topological polar surface area (TPSA) is 40.5 Å². The molecule has 2 aromatic rings. The zero-order chi connectivity index (χ0) is 13.5. The molecule has 0 amide bonds. The van der Waals surface area contributed by atoms with E-state index in [2.05, 4.69) is 20.2 Å². The number of rotatable bonds is 1. The molecule has 1 aromatic heterocycles. The van der Waals surface area contributed by atoms with E-state index in [4.69, 9.17) is 11.6 Å². The fraction of sp³-hybridized carbons (Fsp3) is 0.200. The zero-order valence-corrected chi connectivity index (χ0v) is 11.5. The summed E-state index contributed by atoms with van der Waals surface area (Å²) in [4.78, 5) is 11.4. The van der Waals surface area contributed by atoms with Crippen molar-refractivity contribution in [2.45, 2.75) is 6.17 Å². The lowest BCUT2D eigenvalue weighted by atomic mass is 10.1. The maximum absolute atomic E-state index is 6.10. The molecule has 20 heavy (non-hydrogen) atoms. The number of anilines is 1. The van der Waals surface area contributed by atoms with Gasteiger partial charge in [0, 0.05) is 29.0 Å². The first-order valence-electron chi connectivity index (χ1n) is 6.61. The molecule has 4 rings (SSSR count). The molecule has 3 heterocycles. The fourth-order valence-corrected chi connectivity index (χ4v) is 2.95. The van der Waals surface area contributed by atoms with E-state index in [9.17, 15) is 0 Å². The SMILES string of the molecule is Clc1ccc2c(c1)N[C@@H](c1ccccn1)N1CCN=C21. The summed E-state index contributed by atoms with van der Waals surface area (Å²) >= 11 is 6.10. The molecule has 0 unspecified atom stereocenters. The van der Waals surface area contributed by atoms with Gasteiger partial charge in [-0.15, -0.1) is 0 Å². The highest BCUT2D eigenvalue weighted by Gasteiger charge is 2.34. The quantitative estimate of drug-likeness (QED) is 0.875. The first-order chi connectivity index (χ1) is 9.83. The van der Waals surface area contributed by atoms with Gasteiger partial charge in [0.15, 0.2) is 0 Å². The van der Waals surface area contributed by atoms with E-state index in [1.807, 2.05) is 42.6 Å². The van der Waals surface area contributed by atoms with Gasteiger partial charge in [0.2, 0.25) is 0 Å². The van der Waals surface area contributed by atoms with Gasteiger partial charge < -0.3 is 10.2 Å². The smallest absolute Gasteiger partial charge is 0.144 e. The molecule has 0 radical (unpaired) electrons. The molecule has 2 aliphatic heterocycles. The number of benzene rings is 1. The van der Waals surface area contributed by atoms with Crippen LogP contribution in [0.4, 0.5) is 5.69 Å². The molecule has 1 aromatic carbocycles. The van der Waals surface area contributed by atoms with Crippen LogP contribution in [-0.2, 0) is 0 Å². The first-order valence-corrected chi connectivity index (χ1v) is 6.99. The molecule has 100 valence electrons. The standard InChI is InChI=1S/C15H13ClN4/c16-10-4-5-11-13(9-10)19-15(12-3-1-2-6-17-12)20-8-7-18-14(11)20/h1-6,9,15,19H,7-8H2/t15-/m1/s1. The van der Waals surface area contributed by atoms with Gasteiger partial charge in [0.1, 0.15) is 12.0 Å². The van der Waals surface area contributed by atoms with E-state index < -0.39 is 0 Å². The van der Waals surface area contributed by atoms with Crippen molar-refractivity contribution in [2.75, 3.05) is 18.4 Å². The Labute approximate surface area is 122 Å². The maximum atomic E-state index is 6.10. The molecule has 0 spiro atoms. The lowest BCUT2D eigenvalue weighted by Crippen LogP contribution is -2.41. The molecule has 5 heteroatoms. The third-order valence-corrected chi connectivity index (χ3v) is 3.90. The molecule has 0 fully saturated rings.